The predicted octanol–water partition coefficient (Wildman–Crippen LogP) is 3.44. The van der Waals surface area contributed by atoms with Crippen LogP contribution >= 0.6 is 0 Å². The molecule has 3 nitrogen and oxygen atoms in total. The lowest BCUT2D eigenvalue weighted by Gasteiger charge is -2.21. The maximum atomic E-state index is 13.2. The minimum atomic E-state index is -1.03. The van der Waals surface area contributed by atoms with Gasteiger partial charge in [-0.25, -0.2) is 8.78 Å². The number of benzene rings is 2. The Hall–Kier alpha value is -2.27. The van der Waals surface area contributed by atoms with Gasteiger partial charge in [0.2, 0.25) is 0 Å². The highest BCUT2D eigenvalue weighted by atomic mass is 19.2. The second-order valence-corrected chi connectivity index (χ2v) is 4.74. The first kappa shape index (κ1) is 15.1. The van der Waals surface area contributed by atoms with Crippen molar-refractivity contribution in [3.63, 3.8) is 0 Å². The molecule has 110 valence electrons. The molecule has 0 aliphatic carbocycles. The Bertz CT molecular complexity index is 631. The third-order valence-corrected chi connectivity index (χ3v) is 3.24. The number of aliphatic carboxylic acids is 1. The van der Waals surface area contributed by atoms with Gasteiger partial charge in [-0.15, -0.1) is 0 Å². The van der Waals surface area contributed by atoms with E-state index in [1.807, 2.05) is 0 Å². The number of hydrogen-bond acceptors (Lipinski definition) is 2. The first-order chi connectivity index (χ1) is 9.99. The highest BCUT2D eigenvalue weighted by Gasteiger charge is 2.22. The summed E-state index contributed by atoms with van der Waals surface area (Å²) in [4.78, 5) is 11.4. The molecule has 2 atom stereocenters. The largest absolute Gasteiger partial charge is 0.480 e. The van der Waals surface area contributed by atoms with Crippen molar-refractivity contribution in [3.8, 4) is 0 Å². The van der Waals surface area contributed by atoms with E-state index in [1.54, 1.807) is 37.3 Å². The minimum absolute atomic E-state index is 0.443. The molecule has 2 N–H and O–H groups in total. The molecule has 0 saturated carbocycles. The van der Waals surface area contributed by atoms with Gasteiger partial charge >= 0.3 is 5.97 Å². The van der Waals surface area contributed by atoms with Crippen LogP contribution in [-0.2, 0) is 4.79 Å². The van der Waals surface area contributed by atoms with Gasteiger partial charge in [0.15, 0.2) is 11.6 Å². The molecule has 5 heteroatoms. The standard InChI is InChI=1S/C16H15F2NO2/c1-10(12-7-8-13(17)14(18)9-12)19-15(16(20)21)11-5-3-2-4-6-11/h2-10,15,19H,1H3,(H,20,21). The normalized spacial score (nSPS) is 13.7. The van der Waals surface area contributed by atoms with Crippen molar-refractivity contribution in [1.29, 1.82) is 0 Å². The summed E-state index contributed by atoms with van der Waals surface area (Å²) in [7, 11) is 0. The number of nitrogens with one attached hydrogen (secondary N) is 1. The maximum Gasteiger partial charge on any atom is 0.325 e. The number of halogens is 2. The lowest BCUT2D eigenvalue weighted by atomic mass is 10.0. The molecule has 0 fully saturated rings. The van der Waals surface area contributed by atoms with E-state index in [9.17, 15) is 18.7 Å². The molecule has 0 spiro atoms. The van der Waals surface area contributed by atoms with Crippen LogP contribution in [-0.4, -0.2) is 11.1 Å². The number of carbonyl (C=O) groups is 1. The molecular weight excluding hydrogens is 276 g/mol. The van der Waals surface area contributed by atoms with Crippen molar-refractivity contribution < 1.29 is 18.7 Å². The topological polar surface area (TPSA) is 49.3 Å². The van der Waals surface area contributed by atoms with Crippen LogP contribution in [0.3, 0.4) is 0 Å². The van der Waals surface area contributed by atoms with E-state index in [4.69, 9.17) is 0 Å². The summed E-state index contributed by atoms with van der Waals surface area (Å²) in [5.41, 5.74) is 1.08. The van der Waals surface area contributed by atoms with Crippen molar-refractivity contribution >= 4 is 5.97 Å². The molecule has 0 aliphatic rings. The number of carboxylic acids is 1. The van der Waals surface area contributed by atoms with Gasteiger partial charge in [-0.1, -0.05) is 36.4 Å². The average molecular weight is 291 g/mol. The first-order valence-electron chi connectivity index (χ1n) is 6.48. The summed E-state index contributed by atoms with van der Waals surface area (Å²) in [6.45, 7) is 1.70. The molecular formula is C16H15F2NO2. The highest BCUT2D eigenvalue weighted by Crippen LogP contribution is 2.21. The van der Waals surface area contributed by atoms with Crippen LogP contribution in [0.4, 0.5) is 8.78 Å². The predicted molar refractivity (Wildman–Crippen MR) is 74.7 cm³/mol. The van der Waals surface area contributed by atoms with Crippen LogP contribution in [0.2, 0.25) is 0 Å². The molecule has 0 aromatic heterocycles. The third kappa shape index (κ3) is 3.64. The summed E-state index contributed by atoms with van der Waals surface area (Å²) >= 11 is 0. The number of carboxylic acid groups (broad SMARTS) is 1. The Balaban J connectivity index is 2.20. The second-order valence-electron chi connectivity index (χ2n) is 4.74. The number of hydrogen-bond donors (Lipinski definition) is 2. The van der Waals surface area contributed by atoms with E-state index in [1.165, 1.54) is 6.07 Å². The molecule has 0 amide bonds. The second kappa shape index (κ2) is 6.45. The van der Waals surface area contributed by atoms with Gasteiger partial charge in [-0.2, -0.15) is 0 Å². The summed E-state index contributed by atoms with van der Waals surface area (Å²) in [5, 5.41) is 12.2. The Morgan fingerprint density at radius 1 is 1.05 bits per heavy atom. The molecule has 0 bridgehead atoms. The minimum Gasteiger partial charge on any atom is -0.480 e. The van der Waals surface area contributed by atoms with Crippen LogP contribution in [0.5, 0.6) is 0 Å². The molecule has 0 aliphatic heterocycles. The lowest BCUT2D eigenvalue weighted by molar-refractivity contribution is -0.139. The summed E-state index contributed by atoms with van der Waals surface area (Å²) in [6, 6.07) is 10.8. The van der Waals surface area contributed by atoms with Crippen LogP contribution < -0.4 is 5.32 Å². The Morgan fingerprint density at radius 2 is 1.71 bits per heavy atom. The average Bonchev–Trinajstić information content (AvgIpc) is 2.48. The zero-order valence-electron chi connectivity index (χ0n) is 11.4. The Morgan fingerprint density at radius 3 is 2.29 bits per heavy atom. The van der Waals surface area contributed by atoms with E-state index < -0.39 is 29.7 Å². The summed E-state index contributed by atoms with van der Waals surface area (Å²) in [5.74, 6) is -2.91. The van der Waals surface area contributed by atoms with Crippen LogP contribution in [0.1, 0.15) is 30.1 Å². The lowest BCUT2D eigenvalue weighted by Crippen LogP contribution is -2.30. The highest BCUT2D eigenvalue weighted by molar-refractivity contribution is 5.75. The van der Waals surface area contributed by atoms with Crippen molar-refractivity contribution in [2.75, 3.05) is 0 Å². The van der Waals surface area contributed by atoms with Gasteiger partial charge in [-0.05, 0) is 30.2 Å². The van der Waals surface area contributed by atoms with Crippen molar-refractivity contribution in [1.82, 2.24) is 5.32 Å². The Labute approximate surface area is 121 Å². The number of rotatable bonds is 5. The monoisotopic (exact) mass is 291 g/mol. The fourth-order valence-corrected chi connectivity index (χ4v) is 2.08. The smallest absolute Gasteiger partial charge is 0.325 e. The molecule has 2 aromatic carbocycles. The van der Waals surface area contributed by atoms with Crippen LogP contribution in [0.15, 0.2) is 48.5 Å². The first-order valence-corrected chi connectivity index (χ1v) is 6.48. The van der Waals surface area contributed by atoms with Crippen LogP contribution in [0.25, 0.3) is 0 Å². The zero-order chi connectivity index (χ0) is 15.4. The van der Waals surface area contributed by atoms with Gasteiger partial charge in [-0.3, -0.25) is 10.1 Å². The van der Waals surface area contributed by atoms with E-state index in [0.29, 0.717) is 11.1 Å². The maximum absolute atomic E-state index is 13.2. The van der Waals surface area contributed by atoms with Gasteiger partial charge in [0.05, 0.1) is 0 Å². The quantitative estimate of drug-likeness (QED) is 0.887. The van der Waals surface area contributed by atoms with Crippen molar-refractivity contribution in [3.05, 3.63) is 71.3 Å². The molecule has 2 rings (SSSR count). The zero-order valence-corrected chi connectivity index (χ0v) is 11.4. The van der Waals surface area contributed by atoms with Crippen LogP contribution in [0, 0.1) is 11.6 Å². The van der Waals surface area contributed by atoms with E-state index in [-0.39, 0.29) is 0 Å². The molecule has 2 aromatic rings. The fourth-order valence-electron chi connectivity index (χ4n) is 2.08. The van der Waals surface area contributed by atoms with Gasteiger partial charge in [0, 0.05) is 6.04 Å². The third-order valence-electron chi connectivity index (χ3n) is 3.24. The van der Waals surface area contributed by atoms with Gasteiger partial charge in [0.1, 0.15) is 6.04 Å². The van der Waals surface area contributed by atoms with E-state index >= 15 is 0 Å². The summed E-state index contributed by atoms with van der Waals surface area (Å²) < 4.78 is 26.2. The fraction of sp³-hybridized carbons (Fsp3) is 0.188. The van der Waals surface area contributed by atoms with E-state index in [0.717, 1.165) is 12.1 Å². The van der Waals surface area contributed by atoms with E-state index in [2.05, 4.69) is 5.32 Å². The molecule has 2 unspecified atom stereocenters. The molecule has 0 heterocycles. The molecule has 0 radical (unpaired) electrons. The SMILES string of the molecule is CC(NC(C(=O)O)c1ccccc1)c1ccc(F)c(F)c1. The molecule has 0 saturated heterocycles. The van der Waals surface area contributed by atoms with Crippen molar-refractivity contribution in [2.45, 2.75) is 19.0 Å². The van der Waals surface area contributed by atoms with Gasteiger partial charge < -0.3 is 5.11 Å². The Kier molecular flexibility index (Phi) is 4.65. The summed E-state index contributed by atoms with van der Waals surface area (Å²) in [6.07, 6.45) is 0. The van der Waals surface area contributed by atoms with Crippen molar-refractivity contribution in [2.24, 2.45) is 0 Å². The molecule has 21 heavy (non-hydrogen) atoms. The van der Waals surface area contributed by atoms with Gasteiger partial charge in [0.25, 0.3) is 0 Å².